The van der Waals surface area contributed by atoms with Crippen LogP contribution in [-0.2, 0) is 10.3 Å². The Kier molecular flexibility index (Phi) is 4.81. The standard InChI is InChI=1S/C19H27N3O3/c23-18(14-22-9-7-20-8-10-22)21-19(5-1-2-6-19)15-3-4-16-17(13-15)25-12-11-24-16/h3-4,13,20H,1-2,5-12,14H2,(H,21,23). The summed E-state index contributed by atoms with van der Waals surface area (Å²) in [5.74, 6) is 1.72. The van der Waals surface area contributed by atoms with Crippen LogP contribution in [0, 0.1) is 0 Å². The fourth-order valence-electron chi connectivity index (χ4n) is 4.18. The van der Waals surface area contributed by atoms with Crippen molar-refractivity contribution < 1.29 is 14.3 Å². The Balaban J connectivity index is 1.50. The number of nitrogens with one attached hydrogen (secondary N) is 2. The van der Waals surface area contributed by atoms with Crippen molar-refractivity contribution in [2.45, 2.75) is 31.2 Å². The highest BCUT2D eigenvalue weighted by Gasteiger charge is 2.38. The van der Waals surface area contributed by atoms with Crippen molar-refractivity contribution >= 4 is 5.91 Å². The van der Waals surface area contributed by atoms with Crippen LogP contribution in [-0.4, -0.2) is 56.7 Å². The second kappa shape index (κ2) is 7.22. The molecule has 3 aliphatic rings. The molecule has 2 aliphatic heterocycles. The lowest BCUT2D eigenvalue weighted by Crippen LogP contribution is -2.51. The highest BCUT2D eigenvalue weighted by atomic mass is 16.6. The molecule has 0 unspecified atom stereocenters. The van der Waals surface area contributed by atoms with Crippen LogP contribution in [0.3, 0.4) is 0 Å². The van der Waals surface area contributed by atoms with Crippen LogP contribution in [0.15, 0.2) is 18.2 Å². The molecule has 6 nitrogen and oxygen atoms in total. The van der Waals surface area contributed by atoms with Gasteiger partial charge in [-0.1, -0.05) is 18.9 Å². The molecule has 1 saturated heterocycles. The molecule has 25 heavy (non-hydrogen) atoms. The summed E-state index contributed by atoms with van der Waals surface area (Å²) in [6.07, 6.45) is 4.25. The van der Waals surface area contributed by atoms with Crippen LogP contribution in [0.25, 0.3) is 0 Å². The van der Waals surface area contributed by atoms with E-state index in [1.165, 1.54) is 0 Å². The molecule has 2 fully saturated rings. The van der Waals surface area contributed by atoms with Crippen molar-refractivity contribution in [3.63, 3.8) is 0 Å². The highest BCUT2D eigenvalue weighted by molar-refractivity contribution is 5.79. The van der Waals surface area contributed by atoms with Gasteiger partial charge in [0.25, 0.3) is 0 Å². The first kappa shape index (κ1) is 16.7. The second-order valence-electron chi connectivity index (χ2n) is 7.22. The minimum Gasteiger partial charge on any atom is -0.486 e. The van der Waals surface area contributed by atoms with E-state index in [-0.39, 0.29) is 11.4 Å². The Labute approximate surface area is 148 Å². The van der Waals surface area contributed by atoms with Crippen LogP contribution in [0.4, 0.5) is 0 Å². The van der Waals surface area contributed by atoms with Gasteiger partial charge in [-0.3, -0.25) is 9.69 Å². The third-order valence-electron chi connectivity index (χ3n) is 5.51. The quantitative estimate of drug-likeness (QED) is 0.860. The molecule has 0 atom stereocenters. The lowest BCUT2D eigenvalue weighted by Gasteiger charge is -2.34. The number of nitrogens with zero attached hydrogens (tertiary/aromatic N) is 1. The molecule has 4 rings (SSSR count). The second-order valence-corrected chi connectivity index (χ2v) is 7.22. The Morgan fingerprint density at radius 2 is 1.84 bits per heavy atom. The number of fused-ring (bicyclic) bond motifs is 1. The van der Waals surface area contributed by atoms with Gasteiger partial charge in [0.15, 0.2) is 11.5 Å². The van der Waals surface area contributed by atoms with E-state index in [2.05, 4.69) is 27.7 Å². The van der Waals surface area contributed by atoms with Gasteiger partial charge in [-0.05, 0) is 30.5 Å². The number of piperazine rings is 1. The Hall–Kier alpha value is -1.79. The smallest absolute Gasteiger partial charge is 0.234 e. The minimum absolute atomic E-state index is 0.124. The van der Waals surface area contributed by atoms with E-state index in [1.54, 1.807) is 0 Å². The maximum atomic E-state index is 12.7. The first-order valence-electron chi connectivity index (χ1n) is 9.39. The summed E-state index contributed by atoms with van der Waals surface area (Å²) in [6.45, 7) is 5.45. The predicted molar refractivity (Wildman–Crippen MR) is 95.0 cm³/mol. The molecule has 1 amide bonds. The molecule has 1 aliphatic carbocycles. The largest absolute Gasteiger partial charge is 0.486 e. The fourth-order valence-corrected chi connectivity index (χ4v) is 4.18. The maximum absolute atomic E-state index is 12.7. The third kappa shape index (κ3) is 3.60. The number of carbonyl (C=O) groups is 1. The van der Waals surface area contributed by atoms with E-state index >= 15 is 0 Å². The van der Waals surface area contributed by atoms with Crippen molar-refractivity contribution in [1.82, 2.24) is 15.5 Å². The summed E-state index contributed by atoms with van der Waals surface area (Å²) < 4.78 is 11.4. The molecule has 0 bridgehead atoms. The van der Waals surface area contributed by atoms with Crippen LogP contribution >= 0.6 is 0 Å². The van der Waals surface area contributed by atoms with Crippen molar-refractivity contribution in [2.75, 3.05) is 45.9 Å². The van der Waals surface area contributed by atoms with E-state index in [0.717, 1.165) is 68.9 Å². The van der Waals surface area contributed by atoms with Gasteiger partial charge in [0.2, 0.25) is 5.91 Å². The normalized spacial score (nSPS) is 22.6. The summed E-state index contributed by atoms with van der Waals surface area (Å²) in [5, 5.41) is 6.69. The van der Waals surface area contributed by atoms with Crippen molar-refractivity contribution in [3.05, 3.63) is 23.8 Å². The predicted octanol–water partition coefficient (Wildman–Crippen LogP) is 1.25. The van der Waals surface area contributed by atoms with Crippen molar-refractivity contribution in [2.24, 2.45) is 0 Å². The molecule has 2 N–H and O–H groups in total. The van der Waals surface area contributed by atoms with Crippen LogP contribution in [0.5, 0.6) is 11.5 Å². The number of carbonyl (C=O) groups excluding carboxylic acids is 1. The molecule has 0 spiro atoms. The average Bonchev–Trinajstić information content (AvgIpc) is 3.11. The zero-order valence-corrected chi connectivity index (χ0v) is 14.7. The summed E-state index contributed by atoms with van der Waals surface area (Å²) in [7, 11) is 0. The van der Waals surface area contributed by atoms with Gasteiger partial charge in [-0.15, -0.1) is 0 Å². The SMILES string of the molecule is O=C(CN1CCNCC1)NC1(c2ccc3c(c2)OCCO3)CCCC1. The zero-order chi connectivity index (χ0) is 17.1. The van der Waals surface area contributed by atoms with Gasteiger partial charge in [0.1, 0.15) is 13.2 Å². The van der Waals surface area contributed by atoms with E-state index in [1.807, 2.05) is 6.07 Å². The Bertz CT molecular complexity index is 622. The molecular formula is C19H27N3O3. The number of benzene rings is 1. The highest BCUT2D eigenvalue weighted by Crippen LogP contribution is 2.42. The number of hydrogen-bond donors (Lipinski definition) is 2. The van der Waals surface area contributed by atoms with Crippen molar-refractivity contribution in [1.29, 1.82) is 0 Å². The number of rotatable bonds is 4. The summed E-state index contributed by atoms with van der Waals surface area (Å²) in [6, 6.07) is 6.13. The van der Waals surface area contributed by atoms with Crippen molar-refractivity contribution in [3.8, 4) is 11.5 Å². The molecule has 6 heteroatoms. The van der Waals surface area contributed by atoms with Gasteiger partial charge < -0.3 is 20.1 Å². The number of ether oxygens (including phenoxy) is 2. The summed E-state index contributed by atoms with van der Waals surface area (Å²) in [5.41, 5.74) is 0.879. The van der Waals surface area contributed by atoms with Crippen LogP contribution in [0.1, 0.15) is 31.2 Å². The lowest BCUT2D eigenvalue weighted by molar-refractivity contribution is -0.124. The zero-order valence-electron chi connectivity index (χ0n) is 14.7. The van der Waals surface area contributed by atoms with Gasteiger partial charge >= 0.3 is 0 Å². The number of amides is 1. The molecule has 2 heterocycles. The van der Waals surface area contributed by atoms with Gasteiger partial charge in [-0.25, -0.2) is 0 Å². The molecule has 1 saturated carbocycles. The number of hydrogen-bond acceptors (Lipinski definition) is 5. The first-order valence-corrected chi connectivity index (χ1v) is 9.39. The van der Waals surface area contributed by atoms with E-state index < -0.39 is 0 Å². The molecule has 0 radical (unpaired) electrons. The van der Waals surface area contributed by atoms with E-state index in [9.17, 15) is 4.79 Å². The van der Waals surface area contributed by atoms with E-state index in [0.29, 0.717) is 19.8 Å². The van der Waals surface area contributed by atoms with Crippen LogP contribution < -0.4 is 20.1 Å². The maximum Gasteiger partial charge on any atom is 0.234 e. The Morgan fingerprint density at radius 3 is 2.60 bits per heavy atom. The molecule has 136 valence electrons. The Morgan fingerprint density at radius 1 is 1.12 bits per heavy atom. The summed E-state index contributed by atoms with van der Waals surface area (Å²) >= 11 is 0. The lowest BCUT2D eigenvalue weighted by atomic mass is 9.87. The monoisotopic (exact) mass is 345 g/mol. The van der Waals surface area contributed by atoms with Gasteiger partial charge in [0, 0.05) is 26.2 Å². The average molecular weight is 345 g/mol. The topological polar surface area (TPSA) is 62.8 Å². The van der Waals surface area contributed by atoms with Gasteiger partial charge in [-0.2, -0.15) is 0 Å². The van der Waals surface area contributed by atoms with Crippen LogP contribution in [0.2, 0.25) is 0 Å². The third-order valence-corrected chi connectivity index (χ3v) is 5.51. The molecular weight excluding hydrogens is 318 g/mol. The first-order chi connectivity index (χ1) is 12.3. The summed E-state index contributed by atoms with van der Waals surface area (Å²) in [4.78, 5) is 14.9. The molecule has 1 aromatic carbocycles. The van der Waals surface area contributed by atoms with E-state index in [4.69, 9.17) is 9.47 Å². The minimum atomic E-state index is -0.263. The molecule has 0 aromatic heterocycles. The molecule has 1 aromatic rings. The fraction of sp³-hybridized carbons (Fsp3) is 0.632. The van der Waals surface area contributed by atoms with Gasteiger partial charge in [0.05, 0.1) is 12.1 Å².